The Kier molecular flexibility index (Phi) is 6.25. The van der Waals surface area contributed by atoms with Crippen molar-refractivity contribution in [2.24, 2.45) is 0 Å². The summed E-state index contributed by atoms with van der Waals surface area (Å²) in [6.07, 6.45) is 2.17. The monoisotopic (exact) mass is 444 g/mol. The number of halogens is 1. The van der Waals surface area contributed by atoms with Crippen molar-refractivity contribution in [1.82, 2.24) is 10.2 Å². The Morgan fingerprint density at radius 3 is 2.81 bits per heavy atom. The Morgan fingerprint density at radius 1 is 1.41 bits per heavy atom. The number of thioether (sulfide) groups is 1. The minimum Gasteiger partial charge on any atom is -0.352 e. The standard InChI is InChI=1S/C17H17ClN2O4S3/c18-13-4-2-1-3-11(13)9-14-16(22)20(17(25)26-14)7-5-15(21)19-12-6-8-27(23,24)10-12/h1-4,9,12H,5-8,10H2,(H,19,21). The van der Waals surface area contributed by atoms with Gasteiger partial charge >= 0.3 is 0 Å². The van der Waals surface area contributed by atoms with Crippen molar-refractivity contribution >= 4 is 67.6 Å². The number of thiocarbonyl (C=S) groups is 1. The van der Waals surface area contributed by atoms with Crippen LogP contribution in [0.1, 0.15) is 18.4 Å². The summed E-state index contributed by atoms with van der Waals surface area (Å²) in [5, 5.41) is 3.24. The van der Waals surface area contributed by atoms with Crippen LogP contribution in [0.2, 0.25) is 5.02 Å². The van der Waals surface area contributed by atoms with E-state index in [9.17, 15) is 18.0 Å². The van der Waals surface area contributed by atoms with Gasteiger partial charge in [-0.3, -0.25) is 14.5 Å². The lowest BCUT2D eigenvalue weighted by molar-refractivity contribution is -0.124. The van der Waals surface area contributed by atoms with Crippen LogP contribution in [0, 0.1) is 0 Å². The third-order valence-electron chi connectivity index (χ3n) is 4.23. The zero-order valence-electron chi connectivity index (χ0n) is 14.2. The molecule has 1 N–H and O–H groups in total. The molecule has 2 amide bonds. The summed E-state index contributed by atoms with van der Waals surface area (Å²) in [6.45, 7) is 0.149. The molecule has 0 saturated carbocycles. The third-order valence-corrected chi connectivity index (χ3v) is 7.72. The largest absolute Gasteiger partial charge is 0.352 e. The summed E-state index contributed by atoms with van der Waals surface area (Å²) in [7, 11) is -3.05. The van der Waals surface area contributed by atoms with Gasteiger partial charge in [0.25, 0.3) is 5.91 Å². The summed E-state index contributed by atoms with van der Waals surface area (Å²) in [4.78, 5) is 26.5. The van der Waals surface area contributed by atoms with Gasteiger partial charge in [0.1, 0.15) is 4.32 Å². The molecule has 27 heavy (non-hydrogen) atoms. The smallest absolute Gasteiger partial charge is 0.266 e. The minimum atomic E-state index is -3.05. The molecule has 0 bridgehead atoms. The lowest BCUT2D eigenvalue weighted by atomic mass is 10.2. The molecule has 2 heterocycles. The Bertz CT molecular complexity index is 930. The van der Waals surface area contributed by atoms with Gasteiger partial charge < -0.3 is 5.32 Å². The third kappa shape index (κ3) is 5.10. The molecule has 0 spiro atoms. The Hall–Kier alpha value is -1.42. The van der Waals surface area contributed by atoms with Gasteiger partial charge in [-0.2, -0.15) is 0 Å². The number of amides is 2. The van der Waals surface area contributed by atoms with E-state index in [1.165, 1.54) is 16.7 Å². The molecule has 1 aromatic rings. The highest BCUT2D eigenvalue weighted by Crippen LogP contribution is 2.33. The molecule has 2 aliphatic rings. The topological polar surface area (TPSA) is 83.6 Å². The predicted molar refractivity (Wildman–Crippen MR) is 111 cm³/mol. The zero-order valence-corrected chi connectivity index (χ0v) is 17.4. The van der Waals surface area contributed by atoms with Gasteiger partial charge in [-0.15, -0.1) is 0 Å². The molecule has 2 saturated heterocycles. The van der Waals surface area contributed by atoms with Crippen LogP contribution in [-0.2, 0) is 19.4 Å². The number of hydrogen-bond acceptors (Lipinski definition) is 6. The normalized spacial score (nSPS) is 23.2. The number of nitrogens with one attached hydrogen (secondary N) is 1. The van der Waals surface area contributed by atoms with Crippen molar-refractivity contribution in [3.05, 3.63) is 39.8 Å². The van der Waals surface area contributed by atoms with E-state index in [1.807, 2.05) is 6.07 Å². The van der Waals surface area contributed by atoms with Crippen LogP contribution < -0.4 is 5.32 Å². The first-order valence-corrected chi connectivity index (χ1v) is 11.7. The van der Waals surface area contributed by atoms with E-state index < -0.39 is 9.84 Å². The Labute approximate surface area is 172 Å². The molecule has 1 aromatic carbocycles. The first-order valence-electron chi connectivity index (χ1n) is 8.25. The molecule has 2 fully saturated rings. The molecule has 144 valence electrons. The number of sulfone groups is 1. The lowest BCUT2D eigenvalue weighted by Gasteiger charge is -2.15. The molecular formula is C17H17ClN2O4S3. The van der Waals surface area contributed by atoms with E-state index in [2.05, 4.69) is 5.32 Å². The van der Waals surface area contributed by atoms with E-state index in [0.717, 1.165) is 5.56 Å². The first-order chi connectivity index (χ1) is 12.7. The van der Waals surface area contributed by atoms with Gasteiger partial charge in [-0.05, 0) is 24.1 Å². The van der Waals surface area contributed by atoms with Gasteiger partial charge in [0, 0.05) is 24.0 Å². The molecular weight excluding hydrogens is 428 g/mol. The molecule has 2 aliphatic heterocycles. The van der Waals surface area contributed by atoms with Crippen LogP contribution in [0.4, 0.5) is 0 Å². The van der Waals surface area contributed by atoms with E-state index in [4.69, 9.17) is 23.8 Å². The number of hydrogen-bond donors (Lipinski definition) is 1. The van der Waals surface area contributed by atoms with Gasteiger partial charge in [0.05, 0.1) is 16.4 Å². The maximum atomic E-state index is 12.6. The summed E-state index contributed by atoms with van der Waals surface area (Å²) in [5.41, 5.74) is 0.722. The van der Waals surface area contributed by atoms with Gasteiger partial charge in [0.2, 0.25) is 5.91 Å². The first kappa shape index (κ1) is 20.3. The number of carbonyl (C=O) groups is 2. The van der Waals surface area contributed by atoms with E-state index in [1.54, 1.807) is 24.3 Å². The van der Waals surface area contributed by atoms with Crippen molar-refractivity contribution in [3.63, 3.8) is 0 Å². The summed E-state index contributed by atoms with van der Waals surface area (Å²) in [6, 6.07) is 6.82. The molecule has 10 heteroatoms. The lowest BCUT2D eigenvalue weighted by Crippen LogP contribution is -2.38. The Morgan fingerprint density at radius 2 is 2.15 bits per heavy atom. The fourth-order valence-electron chi connectivity index (χ4n) is 2.85. The highest BCUT2D eigenvalue weighted by atomic mass is 35.5. The van der Waals surface area contributed by atoms with Crippen molar-refractivity contribution in [1.29, 1.82) is 0 Å². The number of benzene rings is 1. The molecule has 0 aromatic heterocycles. The molecule has 0 aliphatic carbocycles. The molecule has 0 radical (unpaired) electrons. The second kappa shape index (κ2) is 8.30. The SMILES string of the molecule is O=C(CCN1C(=O)C(=Cc2ccccc2Cl)SC1=S)NC1CCS(=O)(=O)C1. The van der Waals surface area contributed by atoms with E-state index >= 15 is 0 Å². The average Bonchev–Trinajstić information content (AvgIpc) is 3.07. The molecule has 1 unspecified atom stereocenters. The van der Waals surface area contributed by atoms with Crippen molar-refractivity contribution in [3.8, 4) is 0 Å². The van der Waals surface area contributed by atoms with Crippen molar-refractivity contribution in [2.45, 2.75) is 18.9 Å². The van der Waals surface area contributed by atoms with E-state index in [-0.39, 0.29) is 42.3 Å². The minimum absolute atomic E-state index is 0.0274. The quantitative estimate of drug-likeness (QED) is 0.554. The summed E-state index contributed by atoms with van der Waals surface area (Å²) < 4.78 is 23.3. The second-order valence-electron chi connectivity index (χ2n) is 6.27. The van der Waals surface area contributed by atoms with Gasteiger partial charge in [-0.1, -0.05) is 53.8 Å². The highest BCUT2D eigenvalue weighted by Gasteiger charge is 2.33. The summed E-state index contributed by atoms with van der Waals surface area (Å²) in [5.74, 6) is -0.484. The van der Waals surface area contributed by atoms with Crippen LogP contribution in [0.15, 0.2) is 29.2 Å². The van der Waals surface area contributed by atoms with Crippen LogP contribution in [-0.4, -0.2) is 53.5 Å². The number of carbonyl (C=O) groups excluding carboxylic acids is 2. The predicted octanol–water partition coefficient (Wildman–Crippen LogP) is 2.23. The van der Waals surface area contributed by atoms with Crippen LogP contribution in [0.5, 0.6) is 0 Å². The van der Waals surface area contributed by atoms with Gasteiger partial charge in [-0.25, -0.2) is 8.42 Å². The summed E-state index contributed by atoms with van der Waals surface area (Å²) >= 11 is 12.5. The number of nitrogens with zero attached hydrogens (tertiary/aromatic N) is 1. The maximum Gasteiger partial charge on any atom is 0.266 e. The van der Waals surface area contributed by atoms with Crippen LogP contribution in [0.25, 0.3) is 6.08 Å². The zero-order chi connectivity index (χ0) is 19.6. The van der Waals surface area contributed by atoms with E-state index in [0.29, 0.717) is 20.7 Å². The second-order valence-corrected chi connectivity index (χ2v) is 10.6. The molecule has 1 atom stereocenters. The van der Waals surface area contributed by atoms with Crippen LogP contribution in [0.3, 0.4) is 0 Å². The average molecular weight is 445 g/mol. The highest BCUT2D eigenvalue weighted by molar-refractivity contribution is 8.26. The fourth-order valence-corrected chi connectivity index (χ4v) is 6.01. The fraction of sp³-hybridized carbons (Fsp3) is 0.353. The maximum absolute atomic E-state index is 12.6. The Balaban J connectivity index is 1.58. The van der Waals surface area contributed by atoms with Crippen molar-refractivity contribution in [2.75, 3.05) is 18.1 Å². The van der Waals surface area contributed by atoms with Gasteiger partial charge in [0.15, 0.2) is 9.84 Å². The van der Waals surface area contributed by atoms with Crippen molar-refractivity contribution < 1.29 is 18.0 Å². The number of rotatable bonds is 5. The molecule has 3 rings (SSSR count). The molecule has 6 nitrogen and oxygen atoms in total. The van der Waals surface area contributed by atoms with Crippen LogP contribution >= 0.6 is 35.6 Å².